The lowest BCUT2D eigenvalue weighted by Crippen LogP contribution is -2.31. The molecule has 0 fully saturated rings. The summed E-state index contributed by atoms with van der Waals surface area (Å²) in [6.45, 7) is 18.7. The molecule has 3 atom stereocenters. The third kappa shape index (κ3) is 10.5. The molecule has 0 aliphatic heterocycles. The SMILES string of the molecule is C#CC(C)(CCCC(C)CCCC(C)CCCC(C)C)Oc1cc(C)c(OC(C)=O)c(C)c1C. The molecule has 192 valence electrons. The molecule has 0 aliphatic rings. The zero-order valence-electron chi connectivity index (χ0n) is 23.5. The van der Waals surface area contributed by atoms with E-state index in [-0.39, 0.29) is 5.97 Å². The van der Waals surface area contributed by atoms with E-state index >= 15 is 0 Å². The van der Waals surface area contributed by atoms with E-state index in [9.17, 15) is 4.79 Å². The van der Waals surface area contributed by atoms with Crippen molar-refractivity contribution in [2.75, 3.05) is 0 Å². The van der Waals surface area contributed by atoms with Crippen LogP contribution in [0.2, 0.25) is 0 Å². The van der Waals surface area contributed by atoms with Gasteiger partial charge >= 0.3 is 5.97 Å². The van der Waals surface area contributed by atoms with E-state index in [0.717, 1.165) is 47.1 Å². The number of esters is 1. The molecule has 3 unspecified atom stereocenters. The first-order valence-electron chi connectivity index (χ1n) is 13.3. The average molecular weight is 471 g/mol. The highest BCUT2D eigenvalue weighted by Crippen LogP contribution is 2.36. The topological polar surface area (TPSA) is 35.5 Å². The molecule has 0 aliphatic carbocycles. The molecule has 1 aromatic rings. The van der Waals surface area contributed by atoms with Crippen LogP contribution in [0.5, 0.6) is 11.5 Å². The summed E-state index contributed by atoms with van der Waals surface area (Å²) in [7, 11) is 0. The van der Waals surface area contributed by atoms with Crippen LogP contribution in [0.3, 0.4) is 0 Å². The summed E-state index contributed by atoms with van der Waals surface area (Å²) in [5.41, 5.74) is 2.09. The Hall–Kier alpha value is -1.95. The Balaban J connectivity index is 2.55. The lowest BCUT2D eigenvalue weighted by molar-refractivity contribution is -0.132. The smallest absolute Gasteiger partial charge is 0.308 e. The maximum absolute atomic E-state index is 11.4. The van der Waals surface area contributed by atoms with Crippen molar-refractivity contribution in [2.45, 2.75) is 126 Å². The van der Waals surface area contributed by atoms with E-state index in [0.29, 0.717) is 11.7 Å². The van der Waals surface area contributed by atoms with E-state index < -0.39 is 5.60 Å². The van der Waals surface area contributed by atoms with Crippen LogP contribution in [0.1, 0.15) is 116 Å². The van der Waals surface area contributed by atoms with Crippen molar-refractivity contribution in [3.8, 4) is 23.8 Å². The highest BCUT2D eigenvalue weighted by Gasteiger charge is 2.26. The van der Waals surface area contributed by atoms with Crippen molar-refractivity contribution in [1.29, 1.82) is 0 Å². The predicted molar refractivity (Wildman–Crippen MR) is 145 cm³/mol. The Bertz CT molecular complexity index is 817. The van der Waals surface area contributed by atoms with Crippen LogP contribution in [0, 0.1) is 50.9 Å². The van der Waals surface area contributed by atoms with Crippen LogP contribution in [0.25, 0.3) is 0 Å². The second-order valence-corrected chi connectivity index (χ2v) is 11.2. The number of benzene rings is 1. The molecular weight excluding hydrogens is 420 g/mol. The number of carbonyl (C=O) groups is 1. The molecule has 0 saturated carbocycles. The highest BCUT2D eigenvalue weighted by molar-refractivity contribution is 5.71. The van der Waals surface area contributed by atoms with Gasteiger partial charge < -0.3 is 9.47 Å². The largest absolute Gasteiger partial charge is 0.475 e. The Morgan fingerprint density at radius 1 is 0.941 bits per heavy atom. The van der Waals surface area contributed by atoms with Gasteiger partial charge in [-0.25, -0.2) is 0 Å². The minimum absolute atomic E-state index is 0.317. The van der Waals surface area contributed by atoms with Crippen LogP contribution in [-0.2, 0) is 4.79 Å². The van der Waals surface area contributed by atoms with Crippen molar-refractivity contribution in [2.24, 2.45) is 17.8 Å². The number of rotatable bonds is 15. The fourth-order valence-corrected chi connectivity index (χ4v) is 4.59. The minimum atomic E-state index is -0.656. The van der Waals surface area contributed by atoms with E-state index in [1.165, 1.54) is 51.9 Å². The molecule has 3 nitrogen and oxygen atoms in total. The highest BCUT2D eigenvalue weighted by atomic mass is 16.5. The zero-order valence-corrected chi connectivity index (χ0v) is 23.5. The molecule has 0 N–H and O–H groups in total. The normalized spacial score (nSPS) is 14.9. The number of terminal acetylenes is 1. The molecule has 0 heterocycles. The van der Waals surface area contributed by atoms with Gasteiger partial charge in [-0.3, -0.25) is 4.79 Å². The average Bonchev–Trinajstić information content (AvgIpc) is 2.74. The molecule has 0 bridgehead atoms. The van der Waals surface area contributed by atoms with E-state index in [1.54, 1.807) is 0 Å². The Morgan fingerprint density at radius 2 is 1.47 bits per heavy atom. The third-order valence-electron chi connectivity index (χ3n) is 7.09. The molecule has 0 aromatic heterocycles. The molecule has 34 heavy (non-hydrogen) atoms. The molecule has 0 radical (unpaired) electrons. The Morgan fingerprint density at radius 3 is 1.97 bits per heavy atom. The van der Waals surface area contributed by atoms with Gasteiger partial charge in [0.25, 0.3) is 0 Å². The quantitative estimate of drug-likeness (QED) is 0.146. The van der Waals surface area contributed by atoms with E-state index in [1.807, 2.05) is 33.8 Å². The standard InChI is InChI=1S/C31H50O3/c1-11-31(10,34-29-21-25(6)30(33-28(9)32)27(8)26(29)7)20-14-19-24(5)18-13-17-23(4)16-12-15-22(2)3/h1,21-24H,12-20H2,2-10H3. The molecule has 0 amide bonds. The number of hydrogen-bond donors (Lipinski definition) is 0. The Labute approximate surface area is 210 Å². The van der Waals surface area contributed by atoms with Crippen molar-refractivity contribution < 1.29 is 14.3 Å². The molecule has 0 spiro atoms. The number of carbonyl (C=O) groups excluding carboxylic acids is 1. The first kappa shape index (κ1) is 30.1. The lowest BCUT2D eigenvalue weighted by atomic mass is 9.90. The first-order chi connectivity index (χ1) is 15.9. The molecule has 1 aromatic carbocycles. The first-order valence-corrected chi connectivity index (χ1v) is 13.3. The van der Waals surface area contributed by atoms with Crippen LogP contribution in [-0.4, -0.2) is 11.6 Å². The Kier molecular flexibility index (Phi) is 12.8. The minimum Gasteiger partial charge on any atom is -0.475 e. The van der Waals surface area contributed by atoms with Crippen LogP contribution in [0.15, 0.2) is 6.07 Å². The van der Waals surface area contributed by atoms with Crippen LogP contribution in [0.4, 0.5) is 0 Å². The van der Waals surface area contributed by atoms with E-state index in [2.05, 4.69) is 33.6 Å². The maximum atomic E-state index is 11.4. The number of ether oxygens (including phenoxy) is 2. The van der Waals surface area contributed by atoms with Gasteiger partial charge in [0.2, 0.25) is 0 Å². The third-order valence-corrected chi connectivity index (χ3v) is 7.09. The summed E-state index contributed by atoms with van der Waals surface area (Å²) in [5, 5.41) is 0. The van der Waals surface area contributed by atoms with Crippen LogP contribution >= 0.6 is 0 Å². The van der Waals surface area contributed by atoms with Gasteiger partial charge in [0.1, 0.15) is 11.5 Å². The summed E-state index contributed by atoms with van der Waals surface area (Å²) >= 11 is 0. The lowest BCUT2D eigenvalue weighted by Gasteiger charge is -2.28. The van der Waals surface area contributed by atoms with Gasteiger partial charge in [-0.1, -0.05) is 78.6 Å². The van der Waals surface area contributed by atoms with Gasteiger partial charge in [-0.05, 0) is 81.0 Å². The van der Waals surface area contributed by atoms with Crippen molar-refractivity contribution in [3.63, 3.8) is 0 Å². The molecule has 0 saturated heterocycles. The van der Waals surface area contributed by atoms with Gasteiger partial charge in [-0.2, -0.15) is 0 Å². The van der Waals surface area contributed by atoms with Crippen molar-refractivity contribution in [1.82, 2.24) is 0 Å². The van der Waals surface area contributed by atoms with E-state index in [4.69, 9.17) is 15.9 Å². The fraction of sp³-hybridized carbons (Fsp3) is 0.710. The van der Waals surface area contributed by atoms with Crippen molar-refractivity contribution in [3.05, 3.63) is 22.8 Å². The number of aryl methyl sites for hydroxylation is 1. The summed E-state index contributed by atoms with van der Waals surface area (Å²) in [5.74, 6) is 6.33. The zero-order chi connectivity index (χ0) is 25.9. The predicted octanol–water partition coefficient (Wildman–Crippen LogP) is 8.75. The summed E-state index contributed by atoms with van der Waals surface area (Å²) in [6, 6.07) is 1.93. The van der Waals surface area contributed by atoms with Gasteiger partial charge in [0.05, 0.1) is 0 Å². The summed E-state index contributed by atoms with van der Waals surface area (Å²) < 4.78 is 11.8. The molecular formula is C31H50O3. The van der Waals surface area contributed by atoms with Gasteiger partial charge in [-0.15, -0.1) is 6.42 Å². The number of hydrogen-bond acceptors (Lipinski definition) is 3. The monoisotopic (exact) mass is 470 g/mol. The van der Waals surface area contributed by atoms with Gasteiger partial charge in [0.15, 0.2) is 5.60 Å². The second kappa shape index (κ2) is 14.4. The summed E-state index contributed by atoms with van der Waals surface area (Å²) in [4.78, 5) is 11.4. The van der Waals surface area contributed by atoms with Gasteiger partial charge in [0, 0.05) is 6.92 Å². The maximum Gasteiger partial charge on any atom is 0.308 e. The van der Waals surface area contributed by atoms with Crippen molar-refractivity contribution >= 4 is 5.97 Å². The second-order valence-electron chi connectivity index (χ2n) is 11.2. The molecule has 1 rings (SSSR count). The fourth-order valence-electron chi connectivity index (χ4n) is 4.59. The van der Waals surface area contributed by atoms with Crippen LogP contribution < -0.4 is 9.47 Å². The molecule has 3 heteroatoms. The summed E-state index contributed by atoms with van der Waals surface area (Å²) in [6.07, 6.45) is 17.0.